The molecule has 2 rings (SSSR count). The molecule has 0 aliphatic carbocycles. The lowest BCUT2D eigenvalue weighted by molar-refractivity contribution is 1.33. The summed E-state index contributed by atoms with van der Waals surface area (Å²) in [6.45, 7) is 0. The Hall–Kier alpha value is -2.58. The summed E-state index contributed by atoms with van der Waals surface area (Å²) in [5.41, 5.74) is 2.93. The second-order valence-corrected chi connectivity index (χ2v) is 3.43. The fraction of sp³-hybridized carbons (Fsp3) is 0.0667. The zero-order chi connectivity index (χ0) is 11.9. The molecule has 0 fully saturated rings. The predicted octanol–water partition coefficient (Wildman–Crippen LogP) is 3.01. The number of nitrogens with zero attached hydrogens (tertiary/aromatic N) is 2. The van der Waals surface area contributed by atoms with Crippen LogP contribution in [-0.4, -0.2) is 4.98 Å². The highest BCUT2D eigenvalue weighted by atomic mass is 14.7. The van der Waals surface area contributed by atoms with Crippen LogP contribution in [0.4, 0.5) is 0 Å². The van der Waals surface area contributed by atoms with Crippen LogP contribution >= 0.6 is 0 Å². The third-order valence-corrected chi connectivity index (χ3v) is 2.25. The second kappa shape index (κ2) is 5.49. The highest BCUT2D eigenvalue weighted by molar-refractivity contribution is 5.60. The molecule has 1 aromatic heterocycles. The highest BCUT2D eigenvalue weighted by Gasteiger charge is 1.96. The normalized spacial score (nSPS) is 8.88. The van der Waals surface area contributed by atoms with Crippen molar-refractivity contribution < 1.29 is 0 Å². The minimum atomic E-state index is 0.266. The first kappa shape index (κ1) is 10.9. The minimum Gasteiger partial charge on any atom is -0.256 e. The van der Waals surface area contributed by atoms with E-state index in [1.54, 1.807) is 6.20 Å². The molecule has 2 nitrogen and oxygen atoms in total. The quantitative estimate of drug-likeness (QED) is 0.690. The van der Waals surface area contributed by atoms with Gasteiger partial charge in [0.15, 0.2) is 0 Å². The molecule has 0 amide bonds. The van der Waals surface area contributed by atoms with Gasteiger partial charge in [-0.2, -0.15) is 5.26 Å². The van der Waals surface area contributed by atoms with Crippen LogP contribution < -0.4 is 0 Å². The van der Waals surface area contributed by atoms with Crippen LogP contribution in [0.5, 0.6) is 0 Å². The molecule has 2 aromatic rings. The molecule has 80 valence electrons. The van der Waals surface area contributed by atoms with Crippen LogP contribution in [-0.2, 0) is 0 Å². The van der Waals surface area contributed by atoms with Gasteiger partial charge in [-0.3, -0.25) is 4.98 Å². The van der Waals surface area contributed by atoms with Crippen LogP contribution in [0.25, 0.3) is 11.3 Å². The van der Waals surface area contributed by atoms with Gasteiger partial charge in [-0.25, -0.2) is 0 Å². The maximum atomic E-state index is 8.38. The van der Waals surface area contributed by atoms with Crippen molar-refractivity contribution in [1.29, 1.82) is 5.26 Å². The van der Waals surface area contributed by atoms with Crippen molar-refractivity contribution in [2.24, 2.45) is 0 Å². The van der Waals surface area contributed by atoms with Crippen molar-refractivity contribution in [3.63, 3.8) is 0 Å². The summed E-state index contributed by atoms with van der Waals surface area (Å²) < 4.78 is 0. The molecule has 2 heteroatoms. The molecule has 0 radical (unpaired) electrons. The standard InChI is InChI=1S/C15H10N2/c16-11-3-1-5-13-7-9-14(10-8-13)15-6-2-4-12-17-15/h2,4,6-10,12H,3H2. The number of pyridine rings is 1. The number of hydrogen-bond acceptors (Lipinski definition) is 2. The molecule has 0 unspecified atom stereocenters. The molecule has 0 saturated carbocycles. The topological polar surface area (TPSA) is 36.7 Å². The van der Waals surface area contributed by atoms with Gasteiger partial charge in [-0.1, -0.05) is 30.0 Å². The Bertz CT molecular complexity index is 581. The van der Waals surface area contributed by atoms with Crippen molar-refractivity contribution in [1.82, 2.24) is 4.98 Å². The summed E-state index contributed by atoms with van der Waals surface area (Å²) in [5.74, 6) is 5.72. The maximum absolute atomic E-state index is 8.38. The monoisotopic (exact) mass is 218 g/mol. The summed E-state index contributed by atoms with van der Waals surface area (Å²) in [6.07, 6.45) is 2.04. The van der Waals surface area contributed by atoms with E-state index in [1.165, 1.54) is 0 Å². The van der Waals surface area contributed by atoms with E-state index in [1.807, 2.05) is 48.5 Å². The molecule has 0 N–H and O–H groups in total. The van der Waals surface area contributed by atoms with Crippen LogP contribution in [0.15, 0.2) is 48.7 Å². The van der Waals surface area contributed by atoms with E-state index in [2.05, 4.69) is 16.8 Å². The van der Waals surface area contributed by atoms with Crippen molar-refractivity contribution >= 4 is 0 Å². The smallest absolute Gasteiger partial charge is 0.0966 e. The van der Waals surface area contributed by atoms with E-state index in [-0.39, 0.29) is 6.42 Å². The molecule has 0 spiro atoms. The van der Waals surface area contributed by atoms with E-state index in [0.29, 0.717) is 0 Å². The number of nitriles is 1. The van der Waals surface area contributed by atoms with E-state index < -0.39 is 0 Å². The number of benzene rings is 1. The molecule has 1 aromatic carbocycles. The first-order valence-electron chi connectivity index (χ1n) is 5.27. The first-order chi connectivity index (χ1) is 8.40. The number of aromatic nitrogens is 1. The zero-order valence-corrected chi connectivity index (χ0v) is 9.22. The van der Waals surface area contributed by atoms with Crippen molar-refractivity contribution in [3.05, 3.63) is 54.2 Å². The largest absolute Gasteiger partial charge is 0.256 e. The fourth-order valence-electron chi connectivity index (χ4n) is 1.44. The molecule has 17 heavy (non-hydrogen) atoms. The minimum absolute atomic E-state index is 0.266. The third kappa shape index (κ3) is 2.93. The predicted molar refractivity (Wildman–Crippen MR) is 66.8 cm³/mol. The van der Waals surface area contributed by atoms with Crippen LogP contribution in [0, 0.1) is 23.2 Å². The third-order valence-electron chi connectivity index (χ3n) is 2.25. The fourth-order valence-corrected chi connectivity index (χ4v) is 1.44. The SMILES string of the molecule is N#CCC#Cc1ccc(-c2ccccn2)cc1. The van der Waals surface area contributed by atoms with Gasteiger partial charge in [-0.15, -0.1) is 0 Å². The summed E-state index contributed by atoms with van der Waals surface area (Å²) >= 11 is 0. The van der Waals surface area contributed by atoms with Gasteiger partial charge < -0.3 is 0 Å². The summed E-state index contributed by atoms with van der Waals surface area (Å²) in [6, 6.07) is 15.7. The zero-order valence-electron chi connectivity index (χ0n) is 9.22. The molecule has 0 aliphatic rings. The lowest BCUT2D eigenvalue weighted by atomic mass is 10.1. The molecular formula is C15H10N2. The van der Waals surface area contributed by atoms with Gasteiger partial charge in [-0.05, 0) is 24.3 Å². The average Bonchev–Trinajstić information content (AvgIpc) is 2.41. The Balaban J connectivity index is 2.21. The van der Waals surface area contributed by atoms with Crippen LogP contribution in [0.3, 0.4) is 0 Å². The first-order valence-corrected chi connectivity index (χ1v) is 5.27. The molecule has 1 heterocycles. The van der Waals surface area contributed by atoms with Crippen LogP contribution in [0.1, 0.15) is 12.0 Å². The van der Waals surface area contributed by atoms with E-state index in [9.17, 15) is 0 Å². The van der Waals surface area contributed by atoms with Crippen molar-refractivity contribution in [3.8, 4) is 29.2 Å². The lowest BCUT2D eigenvalue weighted by Crippen LogP contribution is -1.82. The average molecular weight is 218 g/mol. The van der Waals surface area contributed by atoms with E-state index in [0.717, 1.165) is 16.8 Å². The Morgan fingerprint density at radius 1 is 1.06 bits per heavy atom. The van der Waals surface area contributed by atoms with Gasteiger partial charge in [0, 0.05) is 17.3 Å². The number of hydrogen-bond donors (Lipinski definition) is 0. The van der Waals surface area contributed by atoms with Gasteiger partial charge in [0.25, 0.3) is 0 Å². The Morgan fingerprint density at radius 2 is 1.88 bits per heavy atom. The molecule has 0 saturated heterocycles. The van der Waals surface area contributed by atoms with E-state index >= 15 is 0 Å². The second-order valence-electron chi connectivity index (χ2n) is 3.43. The Labute approximate surface area is 101 Å². The molecule has 0 bridgehead atoms. The highest BCUT2D eigenvalue weighted by Crippen LogP contribution is 2.16. The van der Waals surface area contributed by atoms with Gasteiger partial charge >= 0.3 is 0 Å². The Morgan fingerprint density at radius 3 is 2.53 bits per heavy atom. The van der Waals surface area contributed by atoms with Gasteiger partial charge in [0.1, 0.15) is 0 Å². The molecular weight excluding hydrogens is 208 g/mol. The van der Waals surface area contributed by atoms with Crippen molar-refractivity contribution in [2.45, 2.75) is 6.42 Å². The summed E-state index contributed by atoms with van der Waals surface area (Å²) in [4.78, 5) is 4.27. The lowest BCUT2D eigenvalue weighted by Gasteiger charge is -1.99. The molecule has 0 atom stereocenters. The molecule has 0 aliphatic heterocycles. The summed E-state index contributed by atoms with van der Waals surface area (Å²) in [5, 5.41) is 8.38. The summed E-state index contributed by atoms with van der Waals surface area (Å²) in [7, 11) is 0. The Kier molecular flexibility index (Phi) is 3.53. The van der Waals surface area contributed by atoms with Gasteiger partial charge in [0.05, 0.1) is 18.2 Å². The van der Waals surface area contributed by atoms with Crippen LogP contribution in [0.2, 0.25) is 0 Å². The van der Waals surface area contributed by atoms with Crippen molar-refractivity contribution in [2.75, 3.05) is 0 Å². The number of rotatable bonds is 1. The maximum Gasteiger partial charge on any atom is 0.0966 e. The van der Waals surface area contributed by atoms with Gasteiger partial charge in [0.2, 0.25) is 0 Å². The van der Waals surface area contributed by atoms with E-state index in [4.69, 9.17) is 5.26 Å².